The van der Waals surface area contributed by atoms with Crippen molar-refractivity contribution in [1.29, 1.82) is 0 Å². The van der Waals surface area contributed by atoms with Gasteiger partial charge in [-0.2, -0.15) is 5.10 Å². The van der Waals surface area contributed by atoms with E-state index in [9.17, 15) is 4.79 Å². The average molecular weight is 142 g/mol. The van der Waals surface area contributed by atoms with Crippen LogP contribution in [0, 0.1) is 0 Å². The quantitative estimate of drug-likeness (QED) is 0.520. The van der Waals surface area contributed by atoms with Gasteiger partial charge in [0.05, 0.1) is 7.11 Å². The molecular formula is C6H10N2O2. The molecule has 4 nitrogen and oxygen atoms in total. The van der Waals surface area contributed by atoms with Gasteiger partial charge in [-0.05, 0) is 12.8 Å². The first-order valence-corrected chi connectivity index (χ1v) is 3.19. The number of hydrazone groups is 1. The maximum atomic E-state index is 10.8. The molecule has 1 aliphatic rings. The summed E-state index contributed by atoms with van der Waals surface area (Å²) in [5.41, 5.74) is 2.66. The third kappa shape index (κ3) is 1.46. The van der Waals surface area contributed by atoms with Gasteiger partial charge in [0, 0.05) is 6.21 Å². The highest BCUT2D eigenvalue weighted by Crippen LogP contribution is 2.01. The van der Waals surface area contributed by atoms with E-state index < -0.39 is 0 Å². The molecule has 4 heteroatoms. The van der Waals surface area contributed by atoms with Crippen molar-refractivity contribution in [2.24, 2.45) is 5.10 Å². The van der Waals surface area contributed by atoms with Crippen LogP contribution in [0.5, 0.6) is 0 Å². The van der Waals surface area contributed by atoms with Crippen molar-refractivity contribution in [3.8, 4) is 0 Å². The molecule has 0 saturated heterocycles. The summed E-state index contributed by atoms with van der Waals surface area (Å²) < 4.78 is 4.51. The van der Waals surface area contributed by atoms with E-state index in [0.717, 1.165) is 12.8 Å². The Morgan fingerprint density at radius 1 is 1.90 bits per heavy atom. The van der Waals surface area contributed by atoms with Crippen LogP contribution < -0.4 is 5.43 Å². The molecule has 0 aromatic carbocycles. The van der Waals surface area contributed by atoms with E-state index in [4.69, 9.17) is 0 Å². The lowest BCUT2D eigenvalue weighted by molar-refractivity contribution is -0.143. The van der Waals surface area contributed by atoms with Crippen molar-refractivity contribution in [2.45, 2.75) is 18.9 Å². The maximum Gasteiger partial charge on any atom is 0.329 e. The van der Waals surface area contributed by atoms with Gasteiger partial charge < -0.3 is 4.74 Å². The van der Waals surface area contributed by atoms with Gasteiger partial charge in [0.25, 0.3) is 0 Å². The summed E-state index contributed by atoms with van der Waals surface area (Å²) in [6, 6.07) is -0.241. The number of nitrogens with zero attached hydrogens (tertiary/aromatic N) is 1. The van der Waals surface area contributed by atoms with E-state index in [-0.39, 0.29) is 12.0 Å². The van der Waals surface area contributed by atoms with Crippen molar-refractivity contribution >= 4 is 12.2 Å². The minimum Gasteiger partial charge on any atom is -0.467 e. The molecule has 1 heterocycles. The van der Waals surface area contributed by atoms with Crippen LogP contribution in [0.15, 0.2) is 5.10 Å². The Labute approximate surface area is 59.2 Å². The molecular weight excluding hydrogens is 132 g/mol. The number of ether oxygens (including phenoxy) is 1. The smallest absolute Gasteiger partial charge is 0.329 e. The molecule has 0 aromatic rings. The molecule has 0 bridgehead atoms. The van der Waals surface area contributed by atoms with E-state index in [1.807, 2.05) is 0 Å². The van der Waals surface area contributed by atoms with Crippen LogP contribution in [0.2, 0.25) is 0 Å². The molecule has 10 heavy (non-hydrogen) atoms. The average Bonchev–Trinajstić information content (AvgIpc) is 2.05. The van der Waals surface area contributed by atoms with Crippen molar-refractivity contribution in [2.75, 3.05) is 7.11 Å². The molecule has 0 aliphatic carbocycles. The number of esters is 1. The first-order chi connectivity index (χ1) is 4.84. The number of methoxy groups -OCH3 is 1. The van der Waals surface area contributed by atoms with E-state index in [1.54, 1.807) is 6.21 Å². The number of carbonyl (C=O) groups excluding carboxylic acids is 1. The van der Waals surface area contributed by atoms with Crippen molar-refractivity contribution in [1.82, 2.24) is 5.43 Å². The first-order valence-electron chi connectivity index (χ1n) is 3.19. The Balaban J connectivity index is 2.41. The molecule has 0 unspecified atom stereocenters. The van der Waals surface area contributed by atoms with Crippen LogP contribution in [-0.2, 0) is 9.53 Å². The first kappa shape index (κ1) is 7.05. The van der Waals surface area contributed by atoms with Crippen LogP contribution >= 0.6 is 0 Å². The molecule has 0 radical (unpaired) electrons. The SMILES string of the molecule is COC(=O)[C@@H]1CCC=NN1. The summed E-state index contributed by atoms with van der Waals surface area (Å²) in [5, 5.41) is 3.75. The van der Waals surface area contributed by atoms with Gasteiger partial charge in [0.1, 0.15) is 6.04 Å². The molecule has 0 amide bonds. The lowest BCUT2D eigenvalue weighted by Gasteiger charge is -2.15. The molecule has 1 aliphatic heterocycles. The Bertz CT molecular complexity index is 156. The zero-order valence-electron chi connectivity index (χ0n) is 5.83. The summed E-state index contributed by atoms with van der Waals surface area (Å²) >= 11 is 0. The summed E-state index contributed by atoms with van der Waals surface area (Å²) in [6.07, 6.45) is 3.36. The maximum absolute atomic E-state index is 10.8. The Morgan fingerprint density at radius 2 is 2.70 bits per heavy atom. The van der Waals surface area contributed by atoms with Gasteiger partial charge in [-0.25, -0.2) is 4.79 Å². The van der Waals surface area contributed by atoms with E-state index in [1.165, 1.54) is 7.11 Å². The molecule has 0 fully saturated rings. The van der Waals surface area contributed by atoms with Crippen LogP contribution in [0.3, 0.4) is 0 Å². The predicted octanol–water partition coefficient (Wildman–Crippen LogP) is -0.103. The van der Waals surface area contributed by atoms with Gasteiger partial charge >= 0.3 is 5.97 Å². The zero-order valence-corrected chi connectivity index (χ0v) is 5.83. The second-order valence-electron chi connectivity index (χ2n) is 2.09. The number of carbonyl (C=O) groups is 1. The summed E-state index contributed by atoms with van der Waals surface area (Å²) in [4.78, 5) is 10.8. The fourth-order valence-electron chi connectivity index (χ4n) is 0.826. The normalized spacial score (nSPS) is 23.5. The monoisotopic (exact) mass is 142 g/mol. The zero-order chi connectivity index (χ0) is 7.40. The van der Waals surface area contributed by atoms with Crippen molar-refractivity contribution in [3.63, 3.8) is 0 Å². The van der Waals surface area contributed by atoms with Crippen LogP contribution in [0.4, 0.5) is 0 Å². The highest BCUT2D eigenvalue weighted by Gasteiger charge is 2.18. The molecule has 1 N–H and O–H groups in total. The van der Waals surface area contributed by atoms with Gasteiger partial charge in [-0.1, -0.05) is 0 Å². The third-order valence-corrected chi connectivity index (χ3v) is 1.39. The Kier molecular flexibility index (Phi) is 2.25. The standard InChI is InChI=1S/C6H10N2O2/c1-10-6(9)5-3-2-4-7-8-5/h4-5,8H,2-3H2,1H3/t5-/m0/s1. The predicted molar refractivity (Wildman–Crippen MR) is 36.7 cm³/mol. The number of nitrogens with one attached hydrogen (secondary N) is 1. The summed E-state index contributed by atoms with van der Waals surface area (Å²) in [6.45, 7) is 0. The molecule has 0 saturated carbocycles. The van der Waals surface area contributed by atoms with Gasteiger partial charge in [0.2, 0.25) is 0 Å². The van der Waals surface area contributed by atoms with Crippen LogP contribution in [0.1, 0.15) is 12.8 Å². The summed E-state index contributed by atoms with van der Waals surface area (Å²) in [7, 11) is 1.38. The lowest BCUT2D eigenvalue weighted by atomic mass is 10.1. The highest BCUT2D eigenvalue weighted by atomic mass is 16.5. The second kappa shape index (κ2) is 3.20. The second-order valence-corrected chi connectivity index (χ2v) is 2.09. The molecule has 0 aromatic heterocycles. The third-order valence-electron chi connectivity index (χ3n) is 1.39. The van der Waals surface area contributed by atoms with E-state index >= 15 is 0 Å². The molecule has 56 valence electrons. The number of hydrogen-bond acceptors (Lipinski definition) is 4. The van der Waals surface area contributed by atoms with Crippen molar-refractivity contribution < 1.29 is 9.53 Å². The Hall–Kier alpha value is -1.06. The summed E-state index contributed by atoms with van der Waals surface area (Å²) in [5.74, 6) is -0.239. The molecule has 0 spiro atoms. The minimum absolute atomic E-state index is 0.239. The fourth-order valence-corrected chi connectivity index (χ4v) is 0.826. The van der Waals surface area contributed by atoms with E-state index in [0.29, 0.717) is 0 Å². The van der Waals surface area contributed by atoms with Gasteiger partial charge in [0.15, 0.2) is 0 Å². The van der Waals surface area contributed by atoms with Gasteiger partial charge in [-0.3, -0.25) is 5.43 Å². The number of hydrogen-bond donors (Lipinski definition) is 1. The lowest BCUT2D eigenvalue weighted by Crippen LogP contribution is -2.36. The Morgan fingerprint density at radius 3 is 3.20 bits per heavy atom. The molecule has 1 atom stereocenters. The largest absolute Gasteiger partial charge is 0.467 e. The highest BCUT2D eigenvalue weighted by molar-refractivity contribution is 5.77. The number of rotatable bonds is 1. The fraction of sp³-hybridized carbons (Fsp3) is 0.667. The van der Waals surface area contributed by atoms with Crippen molar-refractivity contribution in [3.05, 3.63) is 0 Å². The van der Waals surface area contributed by atoms with Crippen LogP contribution in [-0.4, -0.2) is 25.3 Å². The minimum atomic E-state index is -0.241. The van der Waals surface area contributed by atoms with E-state index in [2.05, 4.69) is 15.3 Å². The molecule has 1 rings (SSSR count). The van der Waals surface area contributed by atoms with Gasteiger partial charge in [-0.15, -0.1) is 0 Å². The topological polar surface area (TPSA) is 50.7 Å². The van der Waals surface area contributed by atoms with Crippen LogP contribution in [0.25, 0.3) is 0 Å².